The summed E-state index contributed by atoms with van der Waals surface area (Å²) in [5.74, 6) is 0. The first kappa shape index (κ1) is 21.9. The van der Waals surface area contributed by atoms with E-state index in [2.05, 4.69) is 97.9 Å². The number of hydrogen-bond acceptors (Lipinski definition) is 0. The minimum Gasteiger partial charge on any atom is -0.153 e. The van der Waals surface area contributed by atoms with Crippen molar-refractivity contribution < 1.29 is 0 Å². The van der Waals surface area contributed by atoms with Crippen LogP contribution in [0.3, 0.4) is 0 Å². The normalized spacial score (nSPS) is 11.1. The average molecular weight is 391 g/mol. The van der Waals surface area contributed by atoms with Crippen LogP contribution in [0, 0.1) is 0 Å². The van der Waals surface area contributed by atoms with Crippen molar-refractivity contribution in [3.05, 3.63) is 91.0 Å². The van der Waals surface area contributed by atoms with Crippen LogP contribution in [-0.2, 0) is 0 Å². The zero-order valence-corrected chi connectivity index (χ0v) is 18.1. The molecule has 1 atom stereocenters. The Balaban J connectivity index is 0.00000156. The van der Waals surface area contributed by atoms with Crippen molar-refractivity contribution in [2.24, 2.45) is 0 Å². The molecular formula is C22H29ClP2. The molecule has 0 bridgehead atoms. The molecule has 3 aromatic rings. The molecule has 0 spiro atoms. The van der Waals surface area contributed by atoms with Crippen LogP contribution in [0.2, 0.25) is 0 Å². The largest absolute Gasteiger partial charge is 0.153 e. The van der Waals surface area contributed by atoms with Gasteiger partial charge in [0.1, 0.15) is 0 Å². The molecule has 3 aromatic carbocycles. The smallest absolute Gasteiger partial charge is 0.147 e. The van der Waals surface area contributed by atoms with Gasteiger partial charge in [-0.1, -0.05) is 0 Å². The van der Waals surface area contributed by atoms with E-state index in [1.807, 2.05) is 0 Å². The maximum absolute atomic E-state index is 2.34. The van der Waals surface area contributed by atoms with E-state index in [1.165, 1.54) is 34.9 Å². The molecule has 25 heavy (non-hydrogen) atoms. The molecule has 0 nitrogen and oxygen atoms in total. The van der Waals surface area contributed by atoms with Gasteiger partial charge in [-0.25, -0.2) is 0 Å². The van der Waals surface area contributed by atoms with E-state index >= 15 is 0 Å². The molecule has 0 aliphatic rings. The van der Waals surface area contributed by atoms with E-state index in [1.54, 1.807) is 0 Å². The predicted molar refractivity (Wildman–Crippen MR) is 125 cm³/mol. The first-order chi connectivity index (χ1) is 11.4. The quantitative estimate of drug-likeness (QED) is 0.520. The summed E-state index contributed by atoms with van der Waals surface area (Å²) in [6, 6.07) is 33.5. The van der Waals surface area contributed by atoms with Crippen LogP contribution in [0.25, 0.3) is 0 Å². The molecule has 0 fully saturated rings. The van der Waals surface area contributed by atoms with Crippen molar-refractivity contribution in [1.29, 1.82) is 0 Å². The van der Waals surface area contributed by atoms with Gasteiger partial charge in [0, 0.05) is 0 Å². The van der Waals surface area contributed by atoms with Crippen LogP contribution in [0.4, 0.5) is 0 Å². The van der Waals surface area contributed by atoms with Crippen molar-refractivity contribution >= 4 is 45.5 Å². The summed E-state index contributed by atoms with van der Waals surface area (Å²) in [6.45, 7) is 2.29. The Hall–Kier alpha value is -1.19. The van der Waals surface area contributed by atoms with Gasteiger partial charge in [-0.2, -0.15) is 9.90 Å². The second kappa shape index (κ2) is 10.7. The zero-order chi connectivity index (χ0) is 16.0. The molecule has 0 aliphatic carbocycles. The summed E-state index contributed by atoms with van der Waals surface area (Å²) < 4.78 is 0. The van der Waals surface area contributed by atoms with Crippen LogP contribution in [0.1, 0.15) is 19.8 Å². The molecular weight excluding hydrogens is 362 g/mol. The molecule has 0 amide bonds. The third-order valence-electron chi connectivity index (χ3n) is 4.71. The molecule has 134 valence electrons. The van der Waals surface area contributed by atoms with Gasteiger partial charge < -0.3 is 0 Å². The Morgan fingerprint density at radius 2 is 0.920 bits per heavy atom. The number of rotatable bonds is 6. The maximum atomic E-state index is 2.34. The van der Waals surface area contributed by atoms with Gasteiger partial charge in [-0.05, 0) is 0 Å². The van der Waals surface area contributed by atoms with Gasteiger partial charge in [-0.15, -0.1) is 12.4 Å². The molecule has 1 unspecified atom stereocenters. The van der Waals surface area contributed by atoms with E-state index in [-0.39, 0.29) is 22.3 Å². The Kier molecular flexibility index (Phi) is 9.37. The molecule has 0 saturated carbocycles. The average Bonchev–Trinajstić information content (AvgIpc) is 2.65. The molecule has 0 saturated heterocycles. The van der Waals surface area contributed by atoms with Crippen molar-refractivity contribution in [1.82, 2.24) is 0 Å². The summed E-state index contributed by atoms with van der Waals surface area (Å²) in [6.07, 6.45) is 3.77. The summed E-state index contributed by atoms with van der Waals surface area (Å²) in [7, 11) is -1.94. The van der Waals surface area contributed by atoms with Gasteiger partial charge in [-0.3, -0.25) is 0 Å². The molecule has 3 heteroatoms. The fourth-order valence-corrected chi connectivity index (χ4v) is 8.58. The SMILES string of the molecule is CCCC[PH](c1ccccc1)(c1ccccc1)c1ccccc1.Cl.P. The van der Waals surface area contributed by atoms with Crippen LogP contribution in [0.5, 0.6) is 0 Å². The zero-order valence-electron chi connectivity index (χ0n) is 14.9. The van der Waals surface area contributed by atoms with E-state index in [0.29, 0.717) is 0 Å². The Morgan fingerprint density at radius 1 is 0.600 bits per heavy atom. The number of unbranched alkanes of at least 4 members (excludes halogenated alkanes) is 1. The predicted octanol–water partition coefficient (Wildman–Crippen LogP) is 4.99. The summed E-state index contributed by atoms with van der Waals surface area (Å²) >= 11 is 0. The van der Waals surface area contributed by atoms with Crippen LogP contribution >= 0.6 is 29.6 Å². The van der Waals surface area contributed by atoms with Gasteiger partial charge in [0.05, 0.1) is 0 Å². The summed E-state index contributed by atoms with van der Waals surface area (Å²) in [4.78, 5) is 0. The van der Waals surface area contributed by atoms with Crippen LogP contribution < -0.4 is 15.9 Å². The fraction of sp³-hybridized carbons (Fsp3) is 0.182. The van der Waals surface area contributed by atoms with Crippen LogP contribution in [-0.4, -0.2) is 6.16 Å². The molecule has 3 rings (SSSR count). The van der Waals surface area contributed by atoms with E-state index < -0.39 is 7.26 Å². The fourth-order valence-electron chi connectivity index (χ4n) is 3.54. The van der Waals surface area contributed by atoms with Crippen LogP contribution in [0.15, 0.2) is 91.0 Å². The minimum atomic E-state index is -1.94. The van der Waals surface area contributed by atoms with Gasteiger partial charge in [0.25, 0.3) is 0 Å². The van der Waals surface area contributed by atoms with Crippen molar-refractivity contribution in [2.45, 2.75) is 19.8 Å². The van der Waals surface area contributed by atoms with Gasteiger partial charge >= 0.3 is 140 Å². The van der Waals surface area contributed by atoms with Crippen molar-refractivity contribution in [3.63, 3.8) is 0 Å². The maximum Gasteiger partial charge on any atom is -0.147 e. The minimum absolute atomic E-state index is 0. The number of halogens is 1. The van der Waals surface area contributed by atoms with E-state index in [4.69, 9.17) is 0 Å². The van der Waals surface area contributed by atoms with E-state index in [0.717, 1.165) is 0 Å². The molecule has 0 radical (unpaired) electrons. The standard InChI is InChI=1S/C22H25P.ClH.H3P/c1-2-3-19-23(20-13-7-4-8-14-20,21-15-9-5-10-16-21)22-17-11-6-12-18-22;;/h4-18,23H,2-3,19H2,1H3;1H;1H3. The topological polar surface area (TPSA) is 0 Å². The number of hydrogen-bond donors (Lipinski definition) is 0. The summed E-state index contributed by atoms with van der Waals surface area (Å²) in [5, 5.41) is 4.56. The van der Waals surface area contributed by atoms with Gasteiger partial charge in [0.15, 0.2) is 0 Å². The van der Waals surface area contributed by atoms with Gasteiger partial charge in [0.2, 0.25) is 0 Å². The Labute approximate surface area is 162 Å². The third-order valence-corrected chi connectivity index (χ3v) is 9.77. The molecule has 0 N–H and O–H groups in total. The Bertz CT molecular complexity index is 618. The van der Waals surface area contributed by atoms with Crippen molar-refractivity contribution in [2.75, 3.05) is 6.16 Å². The van der Waals surface area contributed by atoms with E-state index in [9.17, 15) is 0 Å². The third kappa shape index (κ3) is 4.71. The first-order valence-corrected chi connectivity index (χ1v) is 10.7. The first-order valence-electron chi connectivity index (χ1n) is 8.54. The molecule has 0 aliphatic heterocycles. The second-order valence-electron chi connectivity index (χ2n) is 6.11. The number of benzene rings is 3. The second-order valence-corrected chi connectivity index (χ2v) is 10.1. The van der Waals surface area contributed by atoms with Crippen molar-refractivity contribution in [3.8, 4) is 0 Å². The monoisotopic (exact) mass is 390 g/mol. The molecule has 0 aromatic heterocycles. The molecule has 0 heterocycles. The Morgan fingerprint density at radius 3 is 1.20 bits per heavy atom. The summed E-state index contributed by atoms with van der Waals surface area (Å²) in [5.41, 5.74) is 0.